The van der Waals surface area contributed by atoms with Gasteiger partial charge in [0.2, 0.25) is 0 Å². The summed E-state index contributed by atoms with van der Waals surface area (Å²) in [5, 5.41) is 0. The third kappa shape index (κ3) is 11.1. The lowest BCUT2D eigenvalue weighted by atomic mass is 9.91. The van der Waals surface area contributed by atoms with Crippen molar-refractivity contribution >= 4 is 39.7 Å². The third-order valence-electron chi connectivity index (χ3n) is 3.46. The van der Waals surface area contributed by atoms with Crippen LogP contribution in [0, 0.1) is 5.41 Å². The van der Waals surface area contributed by atoms with E-state index in [2.05, 4.69) is 58.9 Å². The summed E-state index contributed by atoms with van der Waals surface area (Å²) < 4.78 is 25.3. The van der Waals surface area contributed by atoms with Gasteiger partial charge in [0.15, 0.2) is 25.0 Å². The predicted molar refractivity (Wildman–Crippen MR) is 119 cm³/mol. The van der Waals surface area contributed by atoms with Gasteiger partial charge in [-0.3, -0.25) is 4.79 Å². The minimum absolute atomic E-state index is 0.170. The maximum atomic E-state index is 12.3. The zero-order valence-electron chi connectivity index (χ0n) is 19.2. The van der Waals surface area contributed by atoms with Crippen molar-refractivity contribution in [2.45, 2.75) is 92.2 Å². The topological polar surface area (TPSA) is 54.0 Å². The normalized spacial score (nSPS) is 14.5. The average molecular weight is 439 g/mol. The van der Waals surface area contributed by atoms with Crippen LogP contribution in [-0.4, -0.2) is 46.3 Å². The van der Waals surface area contributed by atoms with Crippen molar-refractivity contribution in [3.63, 3.8) is 0 Å². The summed E-state index contributed by atoms with van der Waals surface area (Å²) in [5.41, 5.74) is -0.469. The van der Waals surface area contributed by atoms with E-state index in [1.165, 1.54) is 0 Å². The summed E-state index contributed by atoms with van der Waals surface area (Å²) in [6.45, 7) is 25.5. The molecule has 0 atom stereocenters. The van der Waals surface area contributed by atoms with Gasteiger partial charge in [0.05, 0.1) is 12.0 Å². The van der Waals surface area contributed by atoms with Crippen molar-refractivity contribution in [2.75, 3.05) is 6.61 Å². The van der Waals surface area contributed by atoms with E-state index in [9.17, 15) is 4.79 Å². The molecule has 0 spiro atoms. The minimum atomic E-state index is -2.93. The highest BCUT2D eigenvalue weighted by Gasteiger charge is 2.50. The van der Waals surface area contributed by atoms with Crippen LogP contribution in [-0.2, 0) is 21.9 Å². The molecule has 0 aromatic heterocycles. The van der Waals surface area contributed by atoms with E-state index in [-0.39, 0.29) is 12.6 Å². The smallest absolute Gasteiger partial charge is 0.465 e. The molecule has 0 saturated carbocycles. The van der Waals surface area contributed by atoms with Crippen LogP contribution in [0.3, 0.4) is 0 Å². The van der Waals surface area contributed by atoms with Gasteiger partial charge in [-0.05, 0) is 79.2 Å². The van der Waals surface area contributed by atoms with Gasteiger partial charge < -0.3 is 17.1 Å². The van der Waals surface area contributed by atoms with Gasteiger partial charge in [-0.2, -0.15) is 0 Å². The molecule has 0 N–H and O–H groups in total. The summed E-state index contributed by atoms with van der Waals surface area (Å²) in [7, 11) is -8.62. The lowest BCUT2D eigenvalue weighted by Gasteiger charge is -2.42. The molecule has 0 aromatic rings. The van der Waals surface area contributed by atoms with Crippen molar-refractivity contribution in [1.29, 1.82) is 0 Å². The number of carbonyl (C=O) groups excluding carboxylic acids is 1. The molecular formula is C17H42O5Si4. The third-order valence-corrected chi connectivity index (χ3v) is 15.4. The maximum Gasteiger partial charge on any atom is 0.473 e. The van der Waals surface area contributed by atoms with Crippen molar-refractivity contribution in [3.8, 4) is 0 Å². The maximum absolute atomic E-state index is 12.3. The van der Waals surface area contributed by atoms with Crippen molar-refractivity contribution in [3.05, 3.63) is 0 Å². The van der Waals surface area contributed by atoms with E-state index in [0.29, 0.717) is 6.04 Å². The molecule has 0 rings (SSSR count). The van der Waals surface area contributed by atoms with E-state index in [4.69, 9.17) is 17.1 Å². The van der Waals surface area contributed by atoms with E-state index >= 15 is 0 Å². The van der Waals surface area contributed by atoms with Crippen LogP contribution in [0.4, 0.5) is 0 Å². The Morgan fingerprint density at radius 2 is 1.12 bits per heavy atom. The van der Waals surface area contributed by atoms with Crippen LogP contribution in [0.2, 0.25) is 65.0 Å². The van der Waals surface area contributed by atoms with Gasteiger partial charge in [-0.1, -0.05) is 6.92 Å². The Balaban J connectivity index is 5.48. The first-order valence-electron chi connectivity index (χ1n) is 9.59. The van der Waals surface area contributed by atoms with E-state index in [0.717, 1.165) is 6.42 Å². The summed E-state index contributed by atoms with van der Waals surface area (Å²) in [6, 6.07) is 0.525. The van der Waals surface area contributed by atoms with Crippen LogP contribution >= 0.6 is 0 Å². The van der Waals surface area contributed by atoms with Crippen LogP contribution in [0.5, 0.6) is 0 Å². The summed E-state index contributed by atoms with van der Waals surface area (Å²) >= 11 is 0. The molecule has 0 aromatic carbocycles. The van der Waals surface area contributed by atoms with Crippen LogP contribution in [0.25, 0.3) is 0 Å². The Morgan fingerprint density at radius 3 is 1.38 bits per heavy atom. The van der Waals surface area contributed by atoms with Gasteiger partial charge in [0.1, 0.15) is 0 Å². The van der Waals surface area contributed by atoms with E-state index in [1.54, 1.807) is 0 Å². The molecule has 0 aliphatic carbocycles. The summed E-state index contributed by atoms with van der Waals surface area (Å²) in [5.74, 6) is -0.170. The van der Waals surface area contributed by atoms with Gasteiger partial charge in [0.25, 0.3) is 0 Å². The molecule has 0 saturated heterocycles. The molecule has 156 valence electrons. The SMILES string of the molecule is CCC(C)(C)C(=O)OCC[Si](O[Si](C)(C)C)(O[Si](C)(C)C)O[Si](C)(C)C. The molecule has 0 heterocycles. The summed E-state index contributed by atoms with van der Waals surface area (Å²) in [4.78, 5) is 12.3. The first kappa shape index (κ1) is 26.2. The quantitative estimate of drug-likeness (QED) is 0.317. The standard InChI is InChI=1S/C17H42O5Si4/c1-13-17(2,3)16(18)19-14-15-26(20-23(4,5)6,21-24(7,8)9)22-25(10,11)12/h13-15H2,1-12H3. The zero-order chi connectivity index (χ0) is 21.0. The largest absolute Gasteiger partial charge is 0.473 e. The molecule has 0 radical (unpaired) electrons. The fraction of sp³-hybridized carbons (Fsp3) is 0.941. The molecule has 5 nitrogen and oxygen atoms in total. The predicted octanol–water partition coefficient (Wildman–Crippen LogP) is 5.46. The van der Waals surface area contributed by atoms with Gasteiger partial charge >= 0.3 is 14.8 Å². The Morgan fingerprint density at radius 1 is 0.769 bits per heavy atom. The molecule has 0 aliphatic heterocycles. The first-order chi connectivity index (χ1) is 11.3. The van der Waals surface area contributed by atoms with Gasteiger partial charge in [-0.15, -0.1) is 0 Å². The van der Waals surface area contributed by atoms with Crippen LogP contribution in [0.15, 0.2) is 0 Å². The average Bonchev–Trinajstić information content (AvgIpc) is 2.31. The highest BCUT2D eigenvalue weighted by Crippen LogP contribution is 2.29. The molecule has 0 aliphatic rings. The molecule has 0 amide bonds. The minimum Gasteiger partial charge on any atom is -0.465 e. The van der Waals surface area contributed by atoms with Crippen molar-refractivity contribution < 1.29 is 21.9 Å². The fourth-order valence-corrected chi connectivity index (χ4v) is 16.6. The van der Waals surface area contributed by atoms with Gasteiger partial charge in [0, 0.05) is 6.04 Å². The number of carbonyl (C=O) groups is 1. The Bertz CT molecular complexity index is 420. The monoisotopic (exact) mass is 438 g/mol. The number of esters is 1. The van der Waals surface area contributed by atoms with Crippen LogP contribution in [0.1, 0.15) is 27.2 Å². The highest BCUT2D eigenvalue weighted by atomic mass is 28.5. The van der Waals surface area contributed by atoms with Crippen molar-refractivity contribution in [1.82, 2.24) is 0 Å². The molecule has 9 heteroatoms. The number of ether oxygens (including phenoxy) is 1. The molecular weight excluding hydrogens is 397 g/mol. The number of hydrogen-bond acceptors (Lipinski definition) is 5. The number of rotatable bonds is 11. The Hall–Kier alpha value is 0.218. The second-order valence-corrected chi connectivity index (χ2v) is 27.4. The van der Waals surface area contributed by atoms with Gasteiger partial charge in [-0.25, -0.2) is 0 Å². The molecule has 0 bridgehead atoms. The zero-order valence-corrected chi connectivity index (χ0v) is 23.2. The van der Waals surface area contributed by atoms with E-state index < -0.39 is 39.2 Å². The molecule has 0 fully saturated rings. The van der Waals surface area contributed by atoms with Crippen molar-refractivity contribution in [2.24, 2.45) is 5.41 Å². The lowest BCUT2D eigenvalue weighted by molar-refractivity contribution is -0.153. The van der Waals surface area contributed by atoms with Crippen LogP contribution < -0.4 is 0 Å². The van der Waals surface area contributed by atoms with E-state index in [1.807, 2.05) is 20.8 Å². The second kappa shape index (κ2) is 9.14. The summed E-state index contributed by atoms with van der Waals surface area (Å²) in [6.07, 6.45) is 0.747. The second-order valence-electron chi connectivity index (χ2n) is 10.4. The molecule has 26 heavy (non-hydrogen) atoms. The Kier molecular flexibility index (Phi) is 9.22. The first-order valence-corrected chi connectivity index (χ1v) is 21.7. The molecule has 0 unspecified atom stereocenters. The number of hydrogen-bond donors (Lipinski definition) is 0. The fourth-order valence-electron chi connectivity index (χ4n) is 2.22. The Labute approximate surface area is 165 Å². The highest BCUT2D eigenvalue weighted by molar-refractivity contribution is 6.90. The lowest BCUT2D eigenvalue weighted by Crippen LogP contribution is -2.60.